The minimum absolute atomic E-state index is 0.0897. The molecule has 0 aliphatic carbocycles. The molecule has 0 saturated carbocycles. The van der Waals surface area contributed by atoms with Crippen LogP contribution in [-0.4, -0.2) is 46.3 Å². The van der Waals surface area contributed by atoms with Crippen molar-refractivity contribution in [1.29, 1.82) is 0 Å². The molecule has 1 fully saturated rings. The van der Waals surface area contributed by atoms with E-state index >= 15 is 0 Å². The zero-order chi connectivity index (χ0) is 18.6. The molecular formula is C15H20F3N5O2. The molecule has 1 aliphatic heterocycles. The fraction of sp³-hybridized carbons (Fsp3) is 0.600. The number of alkyl halides is 3. The third kappa shape index (κ3) is 5.66. The number of aromatic nitrogens is 2. The summed E-state index contributed by atoms with van der Waals surface area (Å²) in [6.45, 7) is 2.50. The van der Waals surface area contributed by atoms with Crippen molar-refractivity contribution in [3.8, 4) is 0 Å². The first-order valence-electron chi connectivity index (χ1n) is 7.85. The number of hydrogen-bond acceptors (Lipinski definition) is 5. The van der Waals surface area contributed by atoms with E-state index in [1.165, 1.54) is 6.92 Å². The standard InChI is InChI=1S/C15H20F3N5O2/c1-9-6-11(15(16,17)18)22-12(21-9)7-20-13(24)8-23-4-2-10(3-5-23)14(19)25/h6,10H,2-5,7-8H2,1H3,(H2,19,25)(H,20,24). The smallest absolute Gasteiger partial charge is 0.369 e. The molecule has 2 amide bonds. The van der Waals surface area contributed by atoms with Gasteiger partial charge in [-0.15, -0.1) is 0 Å². The lowest BCUT2D eigenvalue weighted by Gasteiger charge is -2.29. The van der Waals surface area contributed by atoms with Gasteiger partial charge in [-0.3, -0.25) is 14.5 Å². The van der Waals surface area contributed by atoms with Crippen LogP contribution in [0.15, 0.2) is 6.07 Å². The Bertz CT molecular complexity index is 643. The molecule has 7 nitrogen and oxygen atoms in total. The fourth-order valence-electron chi connectivity index (χ4n) is 2.67. The molecule has 1 aliphatic rings. The number of rotatable bonds is 5. The second-order valence-electron chi connectivity index (χ2n) is 6.04. The monoisotopic (exact) mass is 359 g/mol. The van der Waals surface area contributed by atoms with Crippen LogP contribution in [0.5, 0.6) is 0 Å². The SMILES string of the molecule is Cc1cc(C(F)(F)F)nc(CNC(=O)CN2CCC(C(N)=O)CC2)n1. The van der Waals surface area contributed by atoms with Gasteiger partial charge >= 0.3 is 6.18 Å². The highest BCUT2D eigenvalue weighted by atomic mass is 19.4. The van der Waals surface area contributed by atoms with Crippen molar-refractivity contribution in [2.45, 2.75) is 32.5 Å². The Kier molecular flexibility index (Phi) is 5.93. The summed E-state index contributed by atoms with van der Waals surface area (Å²) in [5, 5.41) is 2.52. The van der Waals surface area contributed by atoms with E-state index in [9.17, 15) is 22.8 Å². The minimum Gasteiger partial charge on any atom is -0.369 e. The van der Waals surface area contributed by atoms with Gasteiger partial charge in [0.05, 0.1) is 13.1 Å². The van der Waals surface area contributed by atoms with E-state index in [2.05, 4.69) is 15.3 Å². The summed E-state index contributed by atoms with van der Waals surface area (Å²) in [5.41, 5.74) is 4.40. The van der Waals surface area contributed by atoms with Gasteiger partial charge in [0.2, 0.25) is 11.8 Å². The number of amides is 2. The summed E-state index contributed by atoms with van der Waals surface area (Å²) in [6.07, 6.45) is -3.37. The molecule has 0 aromatic carbocycles. The van der Waals surface area contributed by atoms with Crippen molar-refractivity contribution >= 4 is 11.8 Å². The van der Waals surface area contributed by atoms with Gasteiger partial charge in [0.1, 0.15) is 11.5 Å². The number of carbonyl (C=O) groups excluding carboxylic acids is 2. The van der Waals surface area contributed by atoms with Crippen molar-refractivity contribution in [2.24, 2.45) is 11.7 Å². The number of primary amides is 1. The highest BCUT2D eigenvalue weighted by molar-refractivity contribution is 5.78. The number of nitrogens with zero attached hydrogens (tertiary/aromatic N) is 3. The van der Waals surface area contributed by atoms with Crippen LogP contribution in [-0.2, 0) is 22.3 Å². The lowest BCUT2D eigenvalue weighted by molar-refractivity contribution is -0.141. The summed E-state index contributed by atoms with van der Waals surface area (Å²) in [6, 6.07) is 0.855. The molecular weight excluding hydrogens is 339 g/mol. The number of nitrogens with one attached hydrogen (secondary N) is 1. The fourth-order valence-corrected chi connectivity index (χ4v) is 2.67. The number of aryl methyl sites for hydroxylation is 1. The van der Waals surface area contributed by atoms with Crippen molar-refractivity contribution in [3.05, 3.63) is 23.3 Å². The lowest BCUT2D eigenvalue weighted by Crippen LogP contribution is -2.43. The van der Waals surface area contributed by atoms with Crippen LogP contribution in [0.3, 0.4) is 0 Å². The molecule has 25 heavy (non-hydrogen) atoms. The first-order chi connectivity index (χ1) is 11.6. The highest BCUT2D eigenvalue weighted by Gasteiger charge is 2.33. The summed E-state index contributed by atoms with van der Waals surface area (Å²) < 4.78 is 38.2. The van der Waals surface area contributed by atoms with E-state index in [-0.39, 0.29) is 42.3 Å². The van der Waals surface area contributed by atoms with Crippen LogP contribution < -0.4 is 11.1 Å². The van der Waals surface area contributed by atoms with E-state index in [0.29, 0.717) is 25.9 Å². The van der Waals surface area contributed by atoms with Gasteiger partial charge in [-0.2, -0.15) is 13.2 Å². The van der Waals surface area contributed by atoms with Crippen LogP contribution in [0.2, 0.25) is 0 Å². The number of piperidine rings is 1. The number of nitrogens with two attached hydrogens (primary N) is 1. The van der Waals surface area contributed by atoms with Gasteiger partial charge in [-0.05, 0) is 38.9 Å². The van der Waals surface area contributed by atoms with Gasteiger partial charge in [0.15, 0.2) is 0 Å². The average molecular weight is 359 g/mol. The number of hydrogen-bond donors (Lipinski definition) is 2. The second-order valence-corrected chi connectivity index (χ2v) is 6.04. The molecule has 2 rings (SSSR count). The van der Waals surface area contributed by atoms with Gasteiger partial charge < -0.3 is 11.1 Å². The average Bonchev–Trinajstić information content (AvgIpc) is 2.52. The van der Waals surface area contributed by atoms with Gasteiger partial charge in [0, 0.05) is 11.6 Å². The van der Waals surface area contributed by atoms with Crippen LogP contribution in [0.4, 0.5) is 13.2 Å². The summed E-state index contributed by atoms with van der Waals surface area (Å²) in [7, 11) is 0. The third-order valence-electron chi connectivity index (χ3n) is 3.99. The zero-order valence-electron chi connectivity index (χ0n) is 13.8. The maximum atomic E-state index is 12.7. The van der Waals surface area contributed by atoms with Gasteiger partial charge in [-0.25, -0.2) is 9.97 Å². The topological polar surface area (TPSA) is 101 Å². The Morgan fingerprint density at radius 3 is 2.52 bits per heavy atom. The predicted octanol–water partition coefficient (Wildman–Crippen LogP) is 0.617. The Morgan fingerprint density at radius 2 is 1.96 bits per heavy atom. The van der Waals surface area contributed by atoms with Crippen LogP contribution in [0.1, 0.15) is 30.1 Å². The predicted molar refractivity (Wildman–Crippen MR) is 82.0 cm³/mol. The van der Waals surface area contributed by atoms with Gasteiger partial charge in [-0.1, -0.05) is 0 Å². The normalized spacial score (nSPS) is 16.6. The molecule has 0 unspecified atom stereocenters. The van der Waals surface area contributed by atoms with E-state index in [0.717, 1.165) is 6.07 Å². The first-order valence-corrected chi connectivity index (χ1v) is 7.85. The number of carbonyl (C=O) groups is 2. The van der Waals surface area contributed by atoms with Crippen molar-refractivity contribution in [1.82, 2.24) is 20.2 Å². The molecule has 2 heterocycles. The third-order valence-corrected chi connectivity index (χ3v) is 3.99. The number of halogens is 3. The van der Waals surface area contributed by atoms with E-state index < -0.39 is 11.9 Å². The molecule has 138 valence electrons. The van der Waals surface area contributed by atoms with E-state index in [1.807, 2.05) is 4.90 Å². The quantitative estimate of drug-likeness (QED) is 0.802. The van der Waals surface area contributed by atoms with Gasteiger partial charge in [0.25, 0.3) is 0 Å². The van der Waals surface area contributed by atoms with Crippen LogP contribution >= 0.6 is 0 Å². The van der Waals surface area contributed by atoms with Crippen molar-refractivity contribution in [3.63, 3.8) is 0 Å². The first kappa shape index (κ1) is 19.1. The molecule has 0 bridgehead atoms. The summed E-state index contributed by atoms with van der Waals surface area (Å²) >= 11 is 0. The molecule has 0 spiro atoms. The molecule has 1 saturated heterocycles. The van der Waals surface area contributed by atoms with Crippen LogP contribution in [0.25, 0.3) is 0 Å². The Labute approximate surface area is 142 Å². The van der Waals surface area contributed by atoms with Crippen molar-refractivity contribution < 1.29 is 22.8 Å². The Hall–Kier alpha value is -2.23. The molecule has 10 heteroatoms. The summed E-state index contributed by atoms with van der Waals surface area (Å²) in [5.74, 6) is -0.925. The molecule has 0 atom stereocenters. The lowest BCUT2D eigenvalue weighted by atomic mass is 9.96. The molecule has 0 radical (unpaired) electrons. The Balaban J connectivity index is 1.84. The molecule has 3 N–H and O–H groups in total. The van der Waals surface area contributed by atoms with Crippen LogP contribution in [0, 0.1) is 12.8 Å². The maximum absolute atomic E-state index is 12.7. The minimum atomic E-state index is -4.56. The Morgan fingerprint density at radius 1 is 1.32 bits per heavy atom. The number of likely N-dealkylation sites (tertiary alicyclic amines) is 1. The van der Waals surface area contributed by atoms with Crippen molar-refractivity contribution in [2.75, 3.05) is 19.6 Å². The molecule has 1 aromatic heterocycles. The second kappa shape index (κ2) is 7.77. The largest absolute Gasteiger partial charge is 0.433 e. The highest BCUT2D eigenvalue weighted by Crippen LogP contribution is 2.27. The zero-order valence-corrected chi connectivity index (χ0v) is 13.8. The van der Waals surface area contributed by atoms with E-state index in [4.69, 9.17) is 5.73 Å². The summed E-state index contributed by atoms with van der Waals surface area (Å²) in [4.78, 5) is 32.3. The maximum Gasteiger partial charge on any atom is 0.433 e. The molecule has 1 aromatic rings. The van der Waals surface area contributed by atoms with E-state index in [1.54, 1.807) is 0 Å².